The first-order valence-electron chi connectivity index (χ1n) is 7.82. The molecule has 0 radical (unpaired) electrons. The second-order valence-corrected chi connectivity index (χ2v) is 5.80. The number of aromatic amines is 1. The summed E-state index contributed by atoms with van der Waals surface area (Å²) >= 11 is 0. The Balaban J connectivity index is 1.68. The number of aromatic nitrogens is 6. The lowest BCUT2D eigenvalue weighted by Crippen LogP contribution is -2.49. The molecule has 1 fully saturated rings. The predicted molar refractivity (Wildman–Crippen MR) is 88.8 cm³/mol. The maximum atomic E-state index is 12.6. The van der Waals surface area contributed by atoms with Crippen LogP contribution in [0.4, 0.5) is 5.82 Å². The summed E-state index contributed by atoms with van der Waals surface area (Å²) in [5.74, 6) is 1.33. The Bertz CT molecular complexity index is 881. The molecule has 1 aliphatic heterocycles. The summed E-state index contributed by atoms with van der Waals surface area (Å²) < 4.78 is 3.07. The van der Waals surface area contributed by atoms with Crippen LogP contribution < -0.4 is 15.8 Å². The van der Waals surface area contributed by atoms with Crippen molar-refractivity contribution < 1.29 is 0 Å². The number of nitrogens with zero attached hydrogens (tertiary/aromatic N) is 6. The van der Waals surface area contributed by atoms with Gasteiger partial charge >= 0.3 is 0 Å². The first-order valence-corrected chi connectivity index (χ1v) is 7.82. The van der Waals surface area contributed by atoms with E-state index in [1.165, 1.54) is 11.0 Å². The van der Waals surface area contributed by atoms with Gasteiger partial charge in [-0.05, 0) is 6.92 Å². The number of H-pyrrole nitrogens is 1. The Labute approximate surface area is 138 Å². The number of nitrogens with one attached hydrogen (secondary N) is 2. The second kappa shape index (κ2) is 5.93. The zero-order valence-corrected chi connectivity index (χ0v) is 13.3. The molecule has 9 nitrogen and oxygen atoms in total. The Kier molecular flexibility index (Phi) is 3.62. The lowest BCUT2D eigenvalue weighted by molar-refractivity contribution is 0.482. The summed E-state index contributed by atoms with van der Waals surface area (Å²) in [6.45, 7) is 4.80. The summed E-state index contributed by atoms with van der Waals surface area (Å²) in [6, 6.07) is 2.23. The van der Waals surface area contributed by atoms with Crippen LogP contribution in [0.25, 0.3) is 11.5 Å². The highest BCUT2D eigenvalue weighted by atomic mass is 16.1. The lowest BCUT2D eigenvalue weighted by atomic mass is 10.2. The van der Waals surface area contributed by atoms with Crippen LogP contribution in [0.1, 0.15) is 6.92 Å². The SMILES string of the molecule is CC1CN(c2cc(-n3[nH]cc(-n4ccnc4)c3=O)ncn2)CCN1. The Morgan fingerprint density at radius 2 is 2.17 bits per heavy atom. The van der Waals surface area contributed by atoms with Gasteiger partial charge in [-0.15, -0.1) is 0 Å². The van der Waals surface area contributed by atoms with Gasteiger partial charge in [0.05, 0.1) is 6.33 Å². The average molecular weight is 326 g/mol. The highest BCUT2D eigenvalue weighted by molar-refractivity contribution is 5.44. The van der Waals surface area contributed by atoms with Crippen molar-refractivity contribution >= 4 is 5.82 Å². The first kappa shape index (κ1) is 14.6. The van der Waals surface area contributed by atoms with Gasteiger partial charge in [0, 0.05) is 50.3 Å². The van der Waals surface area contributed by atoms with Crippen molar-refractivity contribution in [2.45, 2.75) is 13.0 Å². The van der Waals surface area contributed by atoms with Crippen LogP contribution in [0.2, 0.25) is 0 Å². The van der Waals surface area contributed by atoms with Gasteiger partial charge in [0.2, 0.25) is 0 Å². The zero-order chi connectivity index (χ0) is 16.5. The van der Waals surface area contributed by atoms with Crippen LogP contribution in [-0.2, 0) is 0 Å². The number of imidazole rings is 1. The molecule has 4 heterocycles. The molecule has 1 atom stereocenters. The van der Waals surface area contributed by atoms with Crippen LogP contribution in [0, 0.1) is 0 Å². The number of rotatable bonds is 3. The van der Waals surface area contributed by atoms with Gasteiger partial charge in [-0.3, -0.25) is 14.5 Å². The molecular weight excluding hydrogens is 308 g/mol. The van der Waals surface area contributed by atoms with E-state index >= 15 is 0 Å². The summed E-state index contributed by atoms with van der Waals surface area (Å²) in [6.07, 6.45) is 8.07. The molecule has 4 rings (SSSR count). The minimum Gasteiger partial charge on any atom is -0.354 e. The molecule has 0 bridgehead atoms. The van der Waals surface area contributed by atoms with Crippen molar-refractivity contribution in [2.75, 3.05) is 24.5 Å². The molecular formula is C15H18N8O. The van der Waals surface area contributed by atoms with E-state index in [1.54, 1.807) is 29.5 Å². The minimum atomic E-state index is -0.189. The molecule has 1 unspecified atom stereocenters. The van der Waals surface area contributed by atoms with E-state index in [1.807, 2.05) is 6.07 Å². The first-order chi connectivity index (χ1) is 11.7. The molecule has 0 aliphatic carbocycles. The van der Waals surface area contributed by atoms with E-state index in [0.29, 0.717) is 17.5 Å². The highest BCUT2D eigenvalue weighted by Gasteiger charge is 2.18. The molecule has 9 heteroatoms. The van der Waals surface area contributed by atoms with Crippen LogP contribution >= 0.6 is 0 Å². The normalized spacial score (nSPS) is 18.0. The van der Waals surface area contributed by atoms with Crippen molar-refractivity contribution in [1.82, 2.24) is 34.6 Å². The third-order valence-electron chi connectivity index (χ3n) is 4.10. The Morgan fingerprint density at radius 3 is 2.96 bits per heavy atom. The summed E-state index contributed by atoms with van der Waals surface area (Å²) in [5, 5.41) is 6.35. The molecule has 3 aromatic heterocycles. The van der Waals surface area contributed by atoms with E-state index in [0.717, 1.165) is 25.5 Å². The van der Waals surface area contributed by atoms with Crippen LogP contribution in [-0.4, -0.2) is 55.0 Å². The van der Waals surface area contributed by atoms with Crippen molar-refractivity contribution in [1.29, 1.82) is 0 Å². The van der Waals surface area contributed by atoms with Gasteiger partial charge in [-0.2, -0.15) is 4.68 Å². The molecule has 3 aromatic rings. The van der Waals surface area contributed by atoms with Crippen LogP contribution in [0.3, 0.4) is 0 Å². The van der Waals surface area contributed by atoms with Crippen molar-refractivity contribution in [2.24, 2.45) is 0 Å². The molecule has 0 saturated carbocycles. The van der Waals surface area contributed by atoms with Crippen molar-refractivity contribution in [3.8, 4) is 11.5 Å². The van der Waals surface area contributed by atoms with Gasteiger partial charge in [-0.25, -0.2) is 15.0 Å². The van der Waals surface area contributed by atoms with Crippen LogP contribution in [0.5, 0.6) is 0 Å². The summed E-state index contributed by atoms with van der Waals surface area (Å²) in [4.78, 5) is 27.3. The van der Waals surface area contributed by atoms with E-state index in [2.05, 4.69) is 37.2 Å². The third kappa shape index (κ3) is 2.58. The minimum absolute atomic E-state index is 0.189. The molecule has 124 valence electrons. The highest BCUT2D eigenvalue weighted by Crippen LogP contribution is 2.15. The van der Waals surface area contributed by atoms with E-state index in [4.69, 9.17) is 0 Å². The maximum Gasteiger partial charge on any atom is 0.296 e. The van der Waals surface area contributed by atoms with E-state index in [9.17, 15) is 4.79 Å². The Morgan fingerprint density at radius 1 is 1.29 bits per heavy atom. The largest absolute Gasteiger partial charge is 0.354 e. The number of hydrogen-bond donors (Lipinski definition) is 2. The summed E-state index contributed by atoms with van der Waals surface area (Å²) in [5.41, 5.74) is 0.301. The number of hydrogen-bond acceptors (Lipinski definition) is 6. The smallest absolute Gasteiger partial charge is 0.296 e. The predicted octanol–water partition coefficient (Wildman–Crippen LogP) is -0.0606. The lowest BCUT2D eigenvalue weighted by Gasteiger charge is -2.32. The van der Waals surface area contributed by atoms with E-state index < -0.39 is 0 Å². The molecule has 0 amide bonds. The fraction of sp³-hybridized carbons (Fsp3) is 0.333. The molecule has 0 aromatic carbocycles. The molecule has 2 N–H and O–H groups in total. The van der Waals surface area contributed by atoms with Gasteiger partial charge in [0.25, 0.3) is 5.56 Å². The van der Waals surface area contributed by atoms with E-state index in [-0.39, 0.29) is 5.56 Å². The molecule has 1 aliphatic rings. The van der Waals surface area contributed by atoms with Gasteiger partial charge in [0.1, 0.15) is 17.8 Å². The maximum absolute atomic E-state index is 12.6. The third-order valence-corrected chi connectivity index (χ3v) is 4.10. The van der Waals surface area contributed by atoms with Gasteiger partial charge in [-0.1, -0.05) is 0 Å². The topological polar surface area (TPSA) is 96.7 Å². The molecule has 1 saturated heterocycles. The van der Waals surface area contributed by atoms with Gasteiger partial charge in [0.15, 0.2) is 5.82 Å². The average Bonchev–Trinajstić information content (AvgIpc) is 3.24. The second-order valence-electron chi connectivity index (χ2n) is 5.80. The van der Waals surface area contributed by atoms with Crippen LogP contribution in [0.15, 0.2) is 42.1 Å². The monoisotopic (exact) mass is 326 g/mol. The summed E-state index contributed by atoms with van der Waals surface area (Å²) in [7, 11) is 0. The van der Waals surface area contributed by atoms with Crippen molar-refractivity contribution in [3.63, 3.8) is 0 Å². The number of piperazine rings is 1. The number of anilines is 1. The fourth-order valence-corrected chi connectivity index (χ4v) is 2.89. The van der Waals surface area contributed by atoms with Crippen molar-refractivity contribution in [3.05, 3.63) is 47.7 Å². The fourth-order valence-electron chi connectivity index (χ4n) is 2.89. The molecule has 0 spiro atoms. The zero-order valence-electron chi connectivity index (χ0n) is 13.3. The standard InChI is InChI=1S/C15H18N8O/c1-11-8-21(5-3-17-11)13-6-14(19-9-18-13)23-15(24)12(7-20-23)22-4-2-16-10-22/h2,4,6-7,9-11,17,20H,3,5,8H2,1H3. The quantitative estimate of drug-likeness (QED) is 0.700. The molecule has 24 heavy (non-hydrogen) atoms. The van der Waals surface area contributed by atoms with Gasteiger partial charge < -0.3 is 10.2 Å². The Hall–Kier alpha value is -2.94.